The molecule has 0 aromatic heterocycles. The summed E-state index contributed by atoms with van der Waals surface area (Å²) in [5, 5.41) is 8.56. The Morgan fingerprint density at radius 3 is 1.39 bits per heavy atom. The summed E-state index contributed by atoms with van der Waals surface area (Å²) >= 11 is 0. The highest BCUT2D eigenvalue weighted by Gasteiger charge is 2.48. The van der Waals surface area contributed by atoms with Crippen LogP contribution in [0.1, 0.15) is 116 Å². The number of allylic oxidation sites excluding steroid dienone is 4. The van der Waals surface area contributed by atoms with Crippen LogP contribution in [0.5, 0.6) is 0 Å². The van der Waals surface area contributed by atoms with E-state index >= 15 is 0 Å². The van der Waals surface area contributed by atoms with Crippen molar-refractivity contribution in [3.63, 3.8) is 0 Å². The standard InChI is InChI=1S/C27H54NO4P/c1-5-6-7-8-9-10-11-12-13-14-15-16-17-18-19-20-21-22-23-24-25-27(29,33(30,31)32)26-28(2,3)4/h8-9,22-23,29H,5-7,10-21,24-26H2,1-4H3,(H-,30,31,32)/p+1/b9-8-,23-22-. The summed E-state index contributed by atoms with van der Waals surface area (Å²) in [6.07, 6.45) is 28.6. The highest BCUT2D eigenvalue weighted by atomic mass is 31.2. The molecule has 0 aliphatic heterocycles. The van der Waals surface area contributed by atoms with E-state index in [0.29, 0.717) is 10.9 Å². The third-order valence-corrected chi connectivity index (χ3v) is 7.48. The molecule has 0 saturated heterocycles. The van der Waals surface area contributed by atoms with Crippen molar-refractivity contribution >= 4 is 7.60 Å². The number of likely N-dealkylation sites (N-methyl/N-ethyl adjacent to an activating group) is 1. The predicted molar refractivity (Wildman–Crippen MR) is 142 cm³/mol. The zero-order valence-electron chi connectivity index (χ0n) is 22.2. The van der Waals surface area contributed by atoms with E-state index in [1.807, 2.05) is 27.2 Å². The molecule has 0 heterocycles. The Kier molecular flexibility index (Phi) is 18.6. The van der Waals surface area contributed by atoms with Gasteiger partial charge in [0.1, 0.15) is 6.54 Å². The fourth-order valence-electron chi connectivity index (χ4n) is 4.12. The second kappa shape index (κ2) is 18.8. The molecular formula is C27H55NO4P+. The molecular weight excluding hydrogens is 433 g/mol. The normalized spacial score (nSPS) is 15.0. The van der Waals surface area contributed by atoms with Crippen molar-refractivity contribution in [1.82, 2.24) is 0 Å². The Balaban J connectivity index is 3.63. The molecule has 196 valence electrons. The van der Waals surface area contributed by atoms with Crippen LogP contribution in [0.15, 0.2) is 24.3 Å². The summed E-state index contributed by atoms with van der Waals surface area (Å²) in [5.41, 5.74) is 0. The Labute approximate surface area is 205 Å². The third kappa shape index (κ3) is 19.5. The highest BCUT2D eigenvalue weighted by molar-refractivity contribution is 7.53. The SMILES string of the molecule is CCCC/C=C\CCCCCCCCCCCC/C=C\CCC(O)(C[N+](C)(C)C)P(=O)(O)O. The van der Waals surface area contributed by atoms with Gasteiger partial charge in [0.15, 0.2) is 0 Å². The van der Waals surface area contributed by atoms with Gasteiger partial charge >= 0.3 is 7.60 Å². The lowest BCUT2D eigenvalue weighted by atomic mass is 10.0. The van der Waals surface area contributed by atoms with Crippen LogP contribution in [0.25, 0.3) is 0 Å². The van der Waals surface area contributed by atoms with Gasteiger partial charge in [-0.25, -0.2) is 0 Å². The summed E-state index contributed by atoms with van der Waals surface area (Å²) in [5.74, 6) is 0. The number of hydrogen-bond donors (Lipinski definition) is 3. The van der Waals surface area contributed by atoms with E-state index in [1.165, 1.54) is 83.5 Å². The van der Waals surface area contributed by atoms with E-state index in [9.17, 15) is 19.5 Å². The van der Waals surface area contributed by atoms with Crippen LogP contribution in [0.4, 0.5) is 0 Å². The number of hydrogen-bond acceptors (Lipinski definition) is 2. The van der Waals surface area contributed by atoms with Gasteiger partial charge in [0.25, 0.3) is 0 Å². The van der Waals surface area contributed by atoms with Gasteiger partial charge < -0.3 is 19.4 Å². The molecule has 0 aliphatic carbocycles. The monoisotopic (exact) mass is 488 g/mol. The maximum atomic E-state index is 11.8. The largest absolute Gasteiger partial charge is 0.373 e. The molecule has 0 fully saturated rings. The molecule has 0 aromatic carbocycles. The molecule has 5 nitrogen and oxygen atoms in total. The van der Waals surface area contributed by atoms with Crippen LogP contribution < -0.4 is 0 Å². The van der Waals surface area contributed by atoms with Crippen molar-refractivity contribution < 1.29 is 23.9 Å². The fourth-order valence-corrected chi connectivity index (χ4v) is 5.15. The van der Waals surface area contributed by atoms with Crippen LogP contribution in [-0.2, 0) is 4.57 Å². The molecule has 1 unspecified atom stereocenters. The lowest BCUT2D eigenvalue weighted by Gasteiger charge is -2.35. The van der Waals surface area contributed by atoms with Gasteiger partial charge in [0.05, 0.1) is 21.1 Å². The third-order valence-electron chi connectivity index (χ3n) is 6.03. The van der Waals surface area contributed by atoms with E-state index in [4.69, 9.17) is 0 Å². The van der Waals surface area contributed by atoms with Crippen molar-refractivity contribution in [2.75, 3.05) is 27.7 Å². The summed E-state index contributed by atoms with van der Waals surface area (Å²) < 4.78 is 12.1. The lowest BCUT2D eigenvalue weighted by molar-refractivity contribution is -0.875. The zero-order chi connectivity index (χ0) is 25.1. The van der Waals surface area contributed by atoms with Gasteiger partial charge in [-0.1, -0.05) is 95.4 Å². The summed E-state index contributed by atoms with van der Waals surface area (Å²) in [7, 11) is 0.899. The minimum atomic E-state index is -4.58. The van der Waals surface area contributed by atoms with Gasteiger partial charge in [-0.05, 0) is 44.9 Å². The molecule has 0 spiro atoms. The summed E-state index contributed by atoms with van der Waals surface area (Å²) in [6.45, 7) is 2.27. The topological polar surface area (TPSA) is 77.8 Å². The van der Waals surface area contributed by atoms with E-state index in [-0.39, 0.29) is 13.0 Å². The molecule has 33 heavy (non-hydrogen) atoms. The minimum absolute atomic E-state index is 0.0294. The van der Waals surface area contributed by atoms with Gasteiger partial charge in [-0.2, -0.15) is 0 Å². The maximum absolute atomic E-state index is 11.8. The first kappa shape index (κ1) is 32.5. The van der Waals surface area contributed by atoms with Crippen molar-refractivity contribution in [2.45, 2.75) is 121 Å². The molecule has 3 N–H and O–H groups in total. The molecule has 0 bridgehead atoms. The molecule has 6 heteroatoms. The van der Waals surface area contributed by atoms with Gasteiger partial charge in [-0.15, -0.1) is 0 Å². The number of quaternary nitrogens is 1. The number of rotatable bonds is 22. The van der Waals surface area contributed by atoms with Crippen LogP contribution in [0.3, 0.4) is 0 Å². The Hall–Kier alpha value is -0.450. The Bertz CT molecular complexity index is 565. The molecule has 0 radical (unpaired) electrons. The van der Waals surface area contributed by atoms with Gasteiger partial charge in [0.2, 0.25) is 5.34 Å². The lowest BCUT2D eigenvalue weighted by Crippen LogP contribution is -2.49. The van der Waals surface area contributed by atoms with Gasteiger partial charge in [-0.3, -0.25) is 4.57 Å². The van der Waals surface area contributed by atoms with Crippen LogP contribution in [0, 0.1) is 0 Å². The van der Waals surface area contributed by atoms with Crippen molar-refractivity contribution in [2.24, 2.45) is 0 Å². The van der Waals surface area contributed by atoms with E-state index in [1.54, 1.807) is 0 Å². The van der Waals surface area contributed by atoms with E-state index < -0.39 is 12.9 Å². The summed E-state index contributed by atoms with van der Waals surface area (Å²) in [4.78, 5) is 19.2. The summed E-state index contributed by atoms with van der Waals surface area (Å²) in [6, 6.07) is 0. The number of aliphatic hydroxyl groups is 1. The van der Waals surface area contributed by atoms with Crippen molar-refractivity contribution in [3.05, 3.63) is 24.3 Å². The average Bonchev–Trinajstić information content (AvgIpc) is 2.70. The highest BCUT2D eigenvalue weighted by Crippen LogP contribution is 2.52. The zero-order valence-corrected chi connectivity index (χ0v) is 23.1. The van der Waals surface area contributed by atoms with E-state index in [0.717, 1.165) is 12.8 Å². The Morgan fingerprint density at radius 1 is 0.667 bits per heavy atom. The number of unbranched alkanes of at least 4 members (excludes halogenated alkanes) is 13. The fraction of sp³-hybridized carbons (Fsp3) is 0.852. The first-order valence-electron chi connectivity index (χ1n) is 13.4. The minimum Gasteiger partial charge on any atom is -0.373 e. The van der Waals surface area contributed by atoms with Crippen molar-refractivity contribution in [1.29, 1.82) is 0 Å². The predicted octanol–water partition coefficient (Wildman–Crippen LogP) is 7.32. The molecule has 0 rings (SSSR count). The average molecular weight is 489 g/mol. The molecule has 0 aromatic rings. The molecule has 0 saturated carbocycles. The van der Waals surface area contributed by atoms with Crippen LogP contribution in [-0.4, -0.2) is 52.4 Å². The smallest absolute Gasteiger partial charge is 0.362 e. The van der Waals surface area contributed by atoms with Crippen LogP contribution >= 0.6 is 7.60 Å². The Morgan fingerprint density at radius 2 is 1.03 bits per heavy atom. The van der Waals surface area contributed by atoms with Gasteiger partial charge in [0, 0.05) is 0 Å². The molecule has 0 aliphatic rings. The van der Waals surface area contributed by atoms with E-state index in [2.05, 4.69) is 25.2 Å². The van der Waals surface area contributed by atoms with Crippen LogP contribution in [0.2, 0.25) is 0 Å². The molecule has 0 amide bonds. The number of nitrogens with zero attached hydrogens (tertiary/aromatic N) is 1. The quantitative estimate of drug-likeness (QED) is 0.0645. The van der Waals surface area contributed by atoms with Crippen molar-refractivity contribution in [3.8, 4) is 0 Å². The first-order chi connectivity index (χ1) is 15.5. The molecule has 1 atom stereocenters. The second-order valence-corrected chi connectivity index (χ2v) is 12.6. The maximum Gasteiger partial charge on any atom is 0.362 e. The first-order valence-corrected chi connectivity index (χ1v) is 15.0. The second-order valence-electron chi connectivity index (χ2n) is 10.7.